The standard InChI is InChI=1S/C7H10N2S.ClH/c1-6(2)5-9-3-4-10-7(9)8;/h3-4,8H,1,5H2,2H3;1H. The van der Waals surface area contributed by atoms with Gasteiger partial charge in [0.2, 0.25) is 0 Å². The molecule has 0 fully saturated rings. The van der Waals surface area contributed by atoms with E-state index in [9.17, 15) is 0 Å². The summed E-state index contributed by atoms with van der Waals surface area (Å²) in [4.78, 5) is 0.586. The third kappa shape index (κ3) is 2.91. The number of nitrogens with zero attached hydrogens (tertiary/aromatic N) is 1. The van der Waals surface area contributed by atoms with Crippen molar-refractivity contribution in [2.45, 2.75) is 13.5 Å². The Morgan fingerprint density at radius 1 is 1.82 bits per heavy atom. The van der Waals surface area contributed by atoms with Crippen LogP contribution in [0.15, 0.2) is 23.7 Å². The molecule has 0 atom stereocenters. The van der Waals surface area contributed by atoms with Gasteiger partial charge in [-0.25, -0.2) is 0 Å². The van der Waals surface area contributed by atoms with Gasteiger partial charge >= 0.3 is 0 Å². The second kappa shape index (κ2) is 4.36. The number of halogens is 1. The Hall–Kier alpha value is -0.540. The number of hydrogen-bond acceptors (Lipinski definition) is 2. The molecule has 1 N–H and O–H groups in total. The summed E-state index contributed by atoms with van der Waals surface area (Å²) in [5, 5.41) is 9.29. The van der Waals surface area contributed by atoms with Gasteiger partial charge in [-0.15, -0.1) is 23.7 Å². The van der Waals surface area contributed by atoms with Crippen LogP contribution in [0.25, 0.3) is 0 Å². The van der Waals surface area contributed by atoms with Crippen LogP contribution in [0.1, 0.15) is 6.92 Å². The largest absolute Gasteiger partial charge is 0.320 e. The number of hydrogen-bond donors (Lipinski definition) is 1. The molecule has 0 aliphatic carbocycles. The summed E-state index contributed by atoms with van der Waals surface area (Å²) in [6, 6.07) is 0. The zero-order valence-electron chi connectivity index (χ0n) is 6.33. The number of allylic oxidation sites excluding steroid dienone is 1. The Balaban J connectivity index is 0.000001000. The minimum absolute atomic E-state index is 0. The molecule has 0 unspecified atom stereocenters. The first-order valence-electron chi connectivity index (χ1n) is 3.03. The van der Waals surface area contributed by atoms with Crippen molar-refractivity contribution >= 4 is 23.7 Å². The van der Waals surface area contributed by atoms with Gasteiger partial charge < -0.3 is 4.57 Å². The molecular formula is C7H11ClN2S. The van der Waals surface area contributed by atoms with Crippen molar-refractivity contribution in [3.05, 3.63) is 28.5 Å². The van der Waals surface area contributed by atoms with Crippen LogP contribution in [0.5, 0.6) is 0 Å². The number of aromatic nitrogens is 1. The van der Waals surface area contributed by atoms with Crippen molar-refractivity contribution in [3.8, 4) is 0 Å². The second-order valence-electron chi connectivity index (χ2n) is 2.29. The van der Waals surface area contributed by atoms with Crippen molar-refractivity contribution in [2.75, 3.05) is 0 Å². The van der Waals surface area contributed by atoms with Gasteiger partial charge in [0, 0.05) is 18.1 Å². The van der Waals surface area contributed by atoms with Crippen LogP contribution < -0.4 is 4.80 Å². The summed E-state index contributed by atoms with van der Waals surface area (Å²) in [6.07, 6.45) is 1.90. The molecule has 1 heterocycles. The molecular weight excluding hydrogens is 180 g/mol. The Labute approximate surface area is 76.1 Å². The highest BCUT2D eigenvalue weighted by atomic mass is 35.5. The molecule has 0 aromatic carbocycles. The van der Waals surface area contributed by atoms with E-state index in [1.807, 2.05) is 23.1 Å². The van der Waals surface area contributed by atoms with Crippen molar-refractivity contribution in [3.63, 3.8) is 0 Å². The smallest absolute Gasteiger partial charge is 0.182 e. The van der Waals surface area contributed by atoms with Gasteiger partial charge in [0.05, 0.1) is 0 Å². The fraction of sp³-hybridized carbons (Fsp3) is 0.286. The van der Waals surface area contributed by atoms with E-state index in [0.717, 1.165) is 12.1 Å². The number of nitrogens with one attached hydrogen (secondary N) is 1. The monoisotopic (exact) mass is 190 g/mol. The lowest BCUT2D eigenvalue weighted by molar-refractivity contribution is 0.749. The average Bonchev–Trinajstić information content (AvgIpc) is 2.15. The normalized spacial score (nSPS) is 8.82. The summed E-state index contributed by atoms with van der Waals surface area (Å²) in [5.74, 6) is 0. The highest BCUT2D eigenvalue weighted by Gasteiger charge is 1.91. The van der Waals surface area contributed by atoms with Crippen molar-refractivity contribution in [2.24, 2.45) is 0 Å². The van der Waals surface area contributed by atoms with E-state index in [1.165, 1.54) is 11.3 Å². The van der Waals surface area contributed by atoms with Crippen LogP contribution in [-0.4, -0.2) is 4.57 Å². The molecule has 0 aliphatic rings. The van der Waals surface area contributed by atoms with Gasteiger partial charge in [-0.1, -0.05) is 12.2 Å². The van der Waals surface area contributed by atoms with Gasteiger partial charge in [0.15, 0.2) is 4.80 Å². The van der Waals surface area contributed by atoms with Gasteiger partial charge in [0.25, 0.3) is 0 Å². The molecule has 4 heteroatoms. The summed E-state index contributed by atoms with van der Waals surface area (Å²) in [5.41, 5.74) is 1.08. The van der Waals surface area contributed by atoms with Gasteiger partial charge in [0.1, 0.15) is 0 Å². The molecule has 0 radical (unpaired) electrons. The van der Waals surface area contributed by atoms with Crippen molar-refractivity contribution in [1.82, 2.24) is 4.57 Å². The van der Waals surface area contributed by atoms with Crippen LogP contribution >= 0.6 is 23.7 Å². The topological polar surface area (TPSA) is 28.8 Å². The fourth-order valence-corrected chi connectivity index (χ4v) is 1.32. The molecule has 1 aromatic heterocycles. The summed E-state index contributed by atoms with van der Waals surface area (Å²) >= 11 is 1.43. The van der Waals surface area contributed by atoms with Crippen LogP contribution in [0.3, 0.4) is 0 Å². The molecule has 1 aromatic rings. The zero-order valence-corrected chi connectivity index (χ0v) is 7.97. The molecule has 0 aliphatic heterocycles. The van der Waals surface area contributed by atoms with Crippen LogP contribution in [-0.2, 0) is 6.54 Å². The van der Waals surface area contributed by atoms with E-state index < -0.39 is 0 Å². The van der Waals surface area contributed by atoms with E-state index in [1.54, 1.807) is 0 Å². The lowest BCUT2D eigenvalue weighted by Gasteiger charge is -1.98. The Bertz CT molecular complexity index is 287. The molecule has 0 saturated heterocycles. The minimum Gasteiger partial charge on any atom is -0.320 e. The van der Waals surface area contributed by atoms with Crippen LogP contribution in [0.2, 0.25) is 0 Å². The highest BCUT2D eigenvalue weighted by molar-refractivity contribution is 7.06. The van der Waals surface area contributed by atoms with Crippen molar-refractivity contribution in [1.29, 1.82) is 5.41 Å². The Kier molecular flexibility index (Phi) is 4.15. The number of rotatable bonds is 2. The summed E-state index contributed by atoms with van der Waals surface area (Å²) in [6.45, 7) is 6.50. The molecule has 0 spiro atoms. The molecule has 2 nitrogen and oxygen atoms in total. The SMILES string of the molecule is C=C(C)Cn1ccsc1=N.Cl. The van der Waals surface area contributed by atoms with E-state index in [4.69, 9.17) is 5.41 Å². The molecule has 1 rings (SSSR count). The minimum atomic E-state index is 0. The zero-order chi connectivity index (χ0) is 7.56. The first-order chi connectivity index (χ1) is 4.70. The molecule has 62 valence electrons. The predicted molar refractivity (Wildman–Crippen MR) is 50.2 cm³/mol. The van der Waals surface area contributed by atoms with E-state index in [-0.39, 0.29) is 12.4 Å². The van der Waals surface area contributed by atoms with E-state index in [2.05, 4.69) is 6.58 Å². The molecule has 0 amide bonds. The third-order valence-electron chi connectivity index (χ3n) is 1.12. The first-order valence-corrected chi connectivity index (χ1v) is 3.91. The van der Waals surface area contributed by atoms with Crippen LogP contribution in [0, 0.1) is 5.41 Å². The van der Waals surface area contributed by atoms with Gasteiger partial charge in [-0.05, 0) is 6.92 Å². The number of thiazole rings is 1. The lowest BCUT2D eigenvalue weighted by Crippen LogP contribution is -2.12. The molecule has 0 bridgehead atoms. The molecule has 11 heavy (non-hydrogen) atoms. The summed E-state index contributed by atoms with van der Waals surface area (Å²) in [7, 11) is 0. The lowest BCUT2D eigenvalue weighted by atomic mass is 10.3. The van der Waals surface area contributed by atoms with E-state index >= 15 is 0 Å². The van der Waals surface area contributed by atoms with Crippen LogP contribution in [0.4, 0.5) is 0 Å². The first kappa shape index (κ1) is 10.5. The predicted octanol–water partition coefficient (Wildman–Crippen LogP) is 2.03. The Morgan fingerprint density at radius 3 is 2.82 bits per heavy atom. The van der Waals surface area contributed by atoms with Crippen molar-refractivity contribution < 1.29 is 0 Å². The quantitative estimate of drug-likeness (QED) is 0.692. The van der Waals surface area contributed by atoms with Gasteiger partial charge in [-0.3, -0.25) is 5.41 Å². The highest BCUT2D eigenvalue weighted by Crippen LogP contribution is 1.94. The van der Waals surface area contributed by atoms with Gasteiger partial charge in [-0.2, -0.15) is 0 Å². The fourth-order valence-electron chi connectivity index (χ4n) is 0.719. The maximum absolute atomic E-state index is 7.38. The molecule has 0 saturated carbocycles. The maximum atomic E-state index is 7.38. The average molecular weight is 191 g/mol. The summed E-state index contributed by atoms with van der Waals surface area (Å²) < 4.78 is 1.87. The maximum Gasteiger partial charge on any atom is 0.182 e. The second-order valence-corrected chi connectivity index (χ2v) is 3.19. The van der Waals surface area contributed by atoms with E-state index in [0.29, 0.717) is 4.80 Å². The third-order valence-corrected chi connectivity index (χ3v) is 1.84. The Morgan fingerprint density at radius 2 is 2.45 bits per heavy atom.